The highest BCUT2D eigenvalue weighted by Gasteiger charge is 2.54. The maximum Gasteiger partial charge on any atom is 0.303 e. The van der Waals surface area contributed by atoms with Crippen molar-refractivity contribution >= 4 is 23.9 Å². The number of carbonyl (C=O) groups excluding carboxylic acids is 3. The van der Waals surface area contributed by atoms with Crippen LogP contribution in [-0.2, 0) is 42.8 Å². The summed E-state index contributed by atoms with van der Waals surface area (Å²) in [7, 11) is 1.27. The van der Waals surface area contributed by atoms with E-state index in [4.69, 9.17) is 28.4 Å². The Kier molecular flexibility index (Phi) is 8.50. The fourth-order valence-electron chi connectivity index (χ4n) is 4.29. The Morgan fingerprint density at radius 2 is 1.49 bits per heavy atom. The van der Waals surface area contributed by atoms with Gasteiger partial charge in [-0.25, -0.2) is 4.99 Å². The molecule has 3 heterocycles. The summed E-state index contributed by atoms with van der Waals surface area (Å²) in [6.45, 7) is 2.96. The first-order valence-electron chi connectivity index (χ1n) is 10.8. The summed E-state index contributed by atoms with van der Waals surface area (Å²) in [5.74, 6) is -2.21. The van der Waals surface area contributed by atoms with Crippen molar-refractivity contribution in [3.05, 3.63) is 0 Å². The molecule has 35 heavy (non-hydrogen) atoms. The number of rotatable bonds is 6. The Morgan fingerprint density at radius 3 is 2.06 bits per heavy atom. The summed E-state index contributed by atoms with van der Waals surface area (Å²) in [5.41, 5.74) is 0. The largest absolute Gasteiger partial charge is 0.463 e. The number of esters is 3. The average molecular weight is 506 g/mol. The van der Waals surface area contributed by atoms with Gasteiger partial charge in [-0.1, -0.05) is 0 Å². The van der Waals surface area contributed by atoms with Crippen LogP contribution >= 0.6 is 0 Å². The number of aliphatic hydroxyl groups is 4. The van der Waals surface area contributed by atoms with Gasteiger partial charge in [0.2, 0.25) is 0 Å². The predicted octanol–water partition coefficient (Wildman–Crippen LogP) is -3.38. The highest BCUT2D eigenvalue weighted by molar-refractivity contribution is 5.77. The van der Waals surface area contributed by atoms with Crippen molar-refractivity contribution in [1.82, 2.24) is 4.90 Å². The zero-order valence-corrected chi connectivity index (χ0v) is 19.5. The number of amidine groups is 1. The number of hydrogen-bond acceptors (Lipinski definition) is 14. The monoisotopic (exact) mass is 506 g/mol. The van der Waals surface area contributed by atoms with E-state index >= 15 is 0 Å². The van der Waals surface area contributed by atoms with Gasteiger partial charge in [-0.05, 0) is 0 Å². The molecule has 0 aromatic rings. The Balaban J connectivity index is 1.89. The van der Waals surface area contributed by atoms with Crippen molar-refractivity contribution in [2.24, 2.45) is 4.99 Å². The molecular weight excluding hydrogens is 476 g/mol. The van der Waals surface area contributed by atoms with Crippen molar-refractivity contribution in [3.63, 3.8) is 0 Å². The van der Waals surface area contributed by atoms with E-state index in [1.807, 2.05) is 0 Å². The Morgan fingerprint density at radius 1 is 0.914 bits per heavy atom. The van der Waals surface area contributed by atoms with Crippen LogP contribution < -0.4 is 0 Å². The van der Waals surface area contributed by atoms with E-state index in [0.29, 0.717) is 0 Å². The normalized spacial score (nSPS) is 40.0. The van der Waals surface area contributed by atoms with Gasteiger partial charge in [0, 0.05) is 27.9 Å². The van der Waals surface area contributed by atoms with Gasteiger partial charge in [0.15, 0.2) is 30.8 Å². The number of methoxy groups -OCH3 is 1. The summed E-state index contributed by atoms with van der Waals surface area (Å²) in [5, 5.41) is 40.5. The first-order valence-corrected chi connectivity index (χ1v) is 10.8. The second kappa shape index (κ2) is 11.0. The highest BCUT2D eigenvalue weighted by atomic mass is 16.7. The lowest BCUT2D eigenvalue weighted by atomic mass is 9.94. The Hall–Kier alpha value is -2.56. The van der Waals surface area contributed by atoms with Crippen LogP contribution in [0.15, 0.2) is 4.99 Å². The molecule has 4 N–H and O–H groups in total. The summed E-state index contributed by atoms with van der Waals surface area (Å²) >= 11 is 0. The van der Waals surface area contributed by atoms with Gasteiger partial charge in [0.05, 0.1) is 12.6 Å². The molecule has 3 rings (SSSR count). The fraction of sp³-hybridized carbons (Fsp3) is 0.800. The minimum Gasteiger partial charge on any atom is -0.463 e. The molecule has 3 fully saturated rings. The topological polar surface area (TPSA) is 203 Å². The van der Waals surface area contributed by atoms with E-state index in [9.17, 15) is 34.8 Å². The smallest absolute Gasteiger partial charge is 0.303 e. The molecule has 10 atom stereocenters. The van der Waals surface area contributed by atoms with E-state index in [-0.39, 0.29) is 19.2 Å². The van der Waals surface area contributed by atoms with Crippen LogP contribution in [0.1, 0.15) is 20.8 Å². The van der Waals surface area contributed by atoms with E-state index < -0.39 is 79.2 Å². The molecule has 0 spiro atoms. The first-order chi connectivity index (χ1) is 16.5. The molecule has 15 nitrogen and oxygen atoms in total. The molecular formula is C20H30N2O13. The fourth-order valence-corrected chi connectivity index (χ4v) is 4.29. The lowest BCUT2D eigenvalue weighted by molar-refractivity contribution is -0.296. The van der Waals surface area contributed by atoms with Gasteiger partial charge in [-0.3, -0.25) is 19.3 Å². The van der Waals surface area contributed by atoms with Gasteiger partial charge < -0.3 is 48.8 Å². The van der Waals surface area contributed by atoms with Crippen LogP contribution in [0.5, 0.6) is 0 Å². The van der Waals surface area contributed by atoms with E-state index in [0.717, 1.165) is 25.7 Å². The second-order valence-electron chi connectivity index (χ2n) is 8.30. The number of carbonyl (C=O) groups is 3. The number of fused-ring (bicyclic) bond motifs is 1. The van der Waals surface area contributed by atoms with Crippen LogP contribution in [0.4, 0.5) is 0 Å². The van der Waals surface area contributed by atoms with Gasteiger partial charge in [-0.2, -0.15) is 0 Å². The summed E-state index contributed by atoms with van der Waals surface area (Å²) in [6.07, 6.45) is -12.5. The SMILES string of the molecule is CO[C@H]1O[C@H](CN=C2OC[C@@H]3[C@@H](O)[C@H](O)[C@@H](O)[C@@H](O)N23)[C@@H](OC(C)=O)[C@H](OC(C)=O)[C@H]1OC(C)=O. The van der Waals surface area contributed by atoms with Crippen molar-refractivity contribution < 1.29 is 63.2 Å². The van der Waals surface area contributed by atoms with Crippen molar-refractivity contribution in [2.45, 2.75) is 82.1 Å². The molecule has 0 aliphatic carbocycles. The molecule has 0 unspecified atom stereocenters. The third-order valence-corrected chi connectivity index (χ3v) is 5.78. The number of ether oxygens (including phenoxy) is 6. The highest BCUT2D eigenvalue weighted by Crippen LogP contribution is 2.31. The van der Waals surface area contributed by atoms with E-state index in [2.05, 4.69) is 4.99 Å². The van der Waals surface area contributed by atoms with Gasteiger partial charge in [0.1, 0.15) is 31.0 Å². The maximum atomic E-state index is 11.8. The molecule has 0 bridgehead atoms. The zero-order chi connectivity index (χ0) is 26.0. The molecule has 15 heteroatoms. The van der Waals surface area contributed by atoms with Crippen LogP contribution in [0.3, 0.4) is 0 Å². The molecule has 0 saturated carbocycles. The predicted molar refractivity (Wildman–Crippen MR) is 110 cm³/mol. The molecule has 3 aliphatic heterocycles. The standard InChI is InChI=1S/C20H30N2O13/c1-7(23)32-15-11(35-19(30-4)17(34-9(3)25)16(15)33-8(2)24)5-21-20-22-10(6-31-20)12(26)13(27)14(28)18(22)29/h10-19,26-29H,5-6H2,1-4H3/t10-,11-,12-,13+,14-,15-,16+,17-,18-,19+/m1/s1. The molecule has 0 radical (unpaired) electrons. The number of aliphatic hydroxyl groups excluding tert-OH is 4. The van der Waals surface area contributed by atoms with Gasteiger partial charge >= 0.3 is 17.9 Å². The average Bonchev–Trinajstić information content (AvgIpc) is 3.21. The number of aliphatic imine (C=N–C) groups is 1. The molecule has 0 aromatic carbocycles. The third kappa shape index (κ3) is 5.65. The van der Waals surface area contributed by atoms with Gasteiger partial charge in [-0.15, -0.1) is 0 Å². The van der Waals surface area contributed by atoms with Crippen molar-refractivity contribution in [2.75, 3.05) is 20.3 Å². The first kappa shape index (κ1) is 27.0. The molecule has 0 aromatic heterocycles. The van der Waals surface area contributed by atoms with Crippen LogP contribution in [0.25, 0.3) is 0 Å². The van der Waals surface area contributed by atoms with E-state index in [1.54, 1.807) is 0 Å². The molecule has 198 valence electrons. The number of piperidine rings is 1. The minimum absolute atomic E-state index is 0.134. The van der Waals surface area contributed by atoms with Crippen LogP contribution in [0.2, 0.25) is 0 Å². The van der Waals surface area contributed by atoms with Crippen LogP contribution in [0, 0.1) is 0 Å². The van der Waals surface area contributed by atoms with Crippen molar-refractivity contribution in [1.29, 1.82) is 0 Å². The number of nitrogens with zero attached hydrogens (tertiary/aromatic N) is 2. The third-order valence-electron chi connectivity index (χ3n) is 5.78. The van der Waals surface area contributed by atoms with Crippen LogP contribution in [-0.4, -0.2) is 131 Å². The zero-order valence-electron chi connectivity index (χ0n) is 19.5. The summed E-state index contributed by atoms with van der Waals surface area (Å²) in [6, 6.07) is -1.05. The Bertz CT molecular complexity index is 838. The Labute approximate surface area is 200 Å². The summed E-state index contributed by atoms with van der Waals surface area (Å²) in [4.78, 5) is 40.6. The maximum absolute atomic E-state index is 11.8. The van der Waals surface area contributed by atoms with Gasteiger partial charge in [0.25, 0.3) is 6.02 Å². The molecule has 3 aliphatic rings. The van der Waals surface area contributed by atoms with Crippen molar-refractivity contribution in [3.8, 4) is 0 Å². The lowest BCUT2D eigenvalue weighted by Gasteiger charge is -2.44. The number of hydrogen-bond donors (Lipinski definition) is 4. The molecule has 3 saturated heterocycles. The second-order valence-corrected chi connectivity index (χ2v) is 8.30. The molecule has 0 amide bonds. The lowest BCUT2D eigenvalue weighted by Crippen LogP contribution is -2.65. The minimum atomic E-state index is -1.69. The van der Waals surface area contributed by atoms with E-state index in [1.165, 1.54) is 7.11 Å². The summed E-state index contributed by atoms with van der Waals surface area (Å²) < 4.78 is 32.4. The quantitative estimate of drug-likeness (QED) is 0.205.